The average Bonchev–Trinajstić information content (AvgIpc) is 2.75. The number of anilines is 1. The first-order valence-corrected chi connectivity index (χ1v) is 10.4. The molecule has 160 valence electrons. The maximum absolute atomic E-state index is 11.9. The molecule has 0 bridgehead atoms. The highest BCUT2D eigenvalue weighted by Crippen LogP contribution is 2.26. The third-order valence-electron chi connectivity index (χ3n) is 5.63. The van der Waals surface area contributed by atoms with Gasteiger partial charge < -0.3 is 25.2 Å². The summed E-state index contributed by atoms with van der Waals surface area (Å²) in [5.41, 5.74) is 0.817. The molecule has 8 heteroatoms. The van der Waals surface area contributed by atoms with Crippen LogP contribution in [-0.2, 0) is 4.74 Å². The quantitative estimate of drug-likeness (QED) is 0.298. The highest BCUT2D eigenvalue weighted by molar-refractivity contribution is 5.97. The number of hydrogen-bond acceptors (Lipinski definition) is 6. The van der Waals surface area contributed by atoms with Crippen LogP contribution in [0.25, 0.3) is 0 Å². The van der Waals surface area contributed by atoms with Crippen molar-refractivity contribution in [3.05, 3.63) is 23.8 Å². The van der Waals surface area contributed by atoms with Gasteiger partial charge in [0, 0.05) is 32.7 Å². The van der Waals surface area contributed by atoms with Crippen molar-refractivity contribution in [2.45, 2.75) is 38.1 Å². The van der Waals surface area contributed by atoms with Crippen molar-refractivity contribution in [3.8, 4) is 5.75 Å². The number of carbonyl (C=O) groups is 1. The first-order valence-electron chi connectivity index (χ1n) is 10.4. The highest BCUT2D eigenvalue weighted by atomic mass is 16.5. The fourth-order valence-corrected chi connectivity index (χ4v) is 3.90. The Balaban J connectivity index is 1.80. The number of methoxy groups -OCH3 is 1. The molecule has 3 N–H and O–H groups in total. The number of aromatic hydroxyl groups is 1. The summed E-state index contributed by atoms with van der Waals surface area (Å²) < 4.78 is 4.79. The van der Waals surface area contributed by atoms with Crippen LogP contribution < -0.4 is 5.32 Å². The predicted molar refractivity (Wildman–Crippen MR) is 112 cm³/mol. The van der Waals surface area contributed by atoms with Crippen LogP contribution in [0, 0.1) is 0 Å². The van der Waals surface area contributed by atoms with Crippen LogP contribution >= 0.6 is 0 Å². The maximum Gasteiger partial charge on any atom is 0.337 e. The molecular formula is C21H32N4O4. The zero-order chi connectivity index (χ0) is 20.6. The zero-order valence-corrected chi connectivity index (χ0v) is 17.1. The standard InChI is InChI=1S/C21H32N4O4/c1-29-20(28)16-7-8-19(27)18(15-16)23-21(22-17-5-3-2-4-6-17)25-11-9-24(10-12-25)13-14-26/h7-8,15,17,26-27H,2-6,9-14H2,1H3,(H,22,23). The lowest BCUT2D eigenvalue weighted by Crippen LogP contribution is -2.51. The fraction of sp³-hybridized carbons (Fsp3) is 0.619. The third-order valence-corrected chi connectivity index (χ3v) is 5.63. The molecule has 3 rings (SSSR count). The Bertz CT molecular complexity index is 711. The highest BCUT2D eigenvalue weighted by Gasteiger charge is 2.23. The number of aliphatic hydroxyl groups excluding tert-OH is 1. The van der Waals surface area contributed by atoms with Gasteiger partial charge in [0.15, 0.2) is 5.96 Å². The van der Waals surface area contributed by atoms with Gasteiger partial charge in [0.25, 0.3) is 0 Å². The summed E-state index contributed by atoms with van der Waals surface area (Å²) in [5.74, 6) is 0.349. The number of rotatable bonds is 5. The van der Waals surface area contributed by atoms with E-state index < -0.39 is 5.97 Å². The first-order chi connectivity index (χ1) is 14.1. The number of piperazine rings is 1. The molecule has 2 fully saturated rings. The third kappa shape index (κ3) is 5.83. The molecule has 29 heavy (non-hydrogen) atoms. The molecule has 1 aromatic rings. The smallest absolute Gasteiger partial charge is 0.337 e. The molecule has 1 heterocycles. The van der Waals surface area contributed by atoms with Crippen LogP contribution in [0.3, 0.4) is 0 Å². The summed E-state index contributed by atoms with van der Waals surface area (Å²) in [5, 5.41) is 22.8. The van der Waals surface area contributed by atoms with E-state index >= 15 is 0 Å². The van der Waals surface area contributed by atoms with Gasteiger partial charge in [-0.25, -0.2) is 9.79 Å². The van der Waals surface area contributed by atoms with Crippen molar-refractivity contribution in [1.82, 2.24) is 9.80 Å². The minimum absolute atomic E-state index is 0.0629. The van der Waals surface area contributed by atoms with Crippen LogP contribution in [0.15, 0.2) is 23.2 Å². The van der Waals surface area contributed by atoms with Gasteiger partial charge in [0.2, 0.25) is 0 Å². The van der Waals surface area contributed by atoms with Crippen LogP contribution in [0.2, 0.25) is 0 Å². The van der Waals surface area contributed by atoms with E-state index in [1.165, 1.54) is 38.5 Å². The minimum atomic E-state index is -0.448. The second-order valence-corrected chi connectivity index (χ2v) is 7.65. The first kappa shape index (κ1) is 21.4. The summed E-state index contributed by atoms with van der Waals surface area (Å²) in [6.45, 7) is 4.11. The molecule has 1 saturated heterocycles. The number of phenolic OH excluding ortho intramolecular Hbond substituents is 1. The number of hydrogen-bond donors (Lipinski definition) is 3. The summed E-state index contributed by atoms with van der Waals surface area (Å²) >= 11 is 0. The number of nitrogens with one attached hydrogen (secondary N) is 1. The van der Waals surface area contributed by atoms with Crippen molar-refractivity contribution in [1.29, 1.82) is 0 Å². The molecule has 1 aliphatic carbocycles. The number of aliphatic imine (C=N–C) groups is 1. The van der Waals surface area contributed by atoms with Crippen molar-refractivity contribution in [2.24, 2.45) is 4.99 Å². The van der Waals surface area contributed by atoms with Gasteiger partial charge in [-0.1, -0.05) is 19.3 Å². The SMILES string of the molecule is COC(=O)c1ccc(O)c(NC(=NC2CCCCC2)N2CCN(CCO)CC2)c1. The second-order valence-electron chi connectivity index (χ2n) is 7.65. The lowest BCUT2D eigenvalue weighted by atomic mass is 9.96. The Morgan fingerprint density at radius 2 is 1.93 bits per heavy atom. The summed E-state index contributed by atoms with van der Waals surface area (Å²) in [6.07, 6.45) is 5.79. The van der Waals surface area contributed by atoms with Gasteiger partial charge in [-0.15, -0.1) is 0 Å². The molecule has 8 nitrogen and oxygen atoms in total. The van der Waals surface area contributed by atoms with Gasteiger partial charge in [-0.3, -0.25) is 4.90 Å². The van der Waals surface area contributed by atoms with E-state index in [1.807, 2.05) is 0 Å². The van der Waals surface area contributed by atoms with Crippen LogP contribution in [-0.4, -0.2) is 84.4 Å². The van der Waals surface area contributed by atoms with Gasteiger partial charge in [-0.05, 0) is 31.0 Å². The van der Waals surface area contributed by atoms with E-state index in [4.69, 9.17) is 14.8 Å². The largest absolute Gasteiger partial charge is 0.506 e. The summed E-state index contributed by atoms with van der Waals surface area (Å²) in [4.78, 5) is 21.3. The Morgan fingerprint density at radius 3 is 2.59 bits per heavy atom. The number of nitrogens with zero attached hydrogens (tertiary/aromatic N) is 3. The number of guanidine groups is 1. The van der Waals surface area contributed by atoms with E-state index in [0.29, 0.717) is 17.8 Å². The van der Waals surface area contributed by atoms with E-state index in [0.717, 1.165) is 45.0 Å². The van der Waals surface area contributed by atoms with Crippen molar-refractivity contribution in [3.63, 3.8) is 0 Å². The Morgan fingerprint density at radius 1 is 1.21 bits per heavy atom. The number of benzene rings is 1. The number of phenols is 1. The monoisotopic (exact) mass is 404 g/mol. The molecule has 0 amide bonds. The predicted octanol–water partition coefficient (Wildman–Crippen LogP) is 1.89. The molecule has 2 aliphatic rings. The topological polar surface area (TPSA) is 97.6 Å². The number of β-amino-alcohol motifs (C(OH)–C–C–N with tert-alkyl or cyclic N) is 1. The van der Waals surface area contributed by atoms with Crippen LogP contribution in [0.4, 0.5) is 5.69 Å². The lowest BCUT2D eigenvalue weighted by Gasteiger charge is -2.37. The van der Waals surface area contributed by atoms with Crippen molar-refractivity contribution >= 4 is 17.6 Å². The van der Waals surface area contributed by atoms with E-state index in [2.05, 4.69) is 15.1 Å². The van der Waals surface area contributed by atoms with Gasteiger partial charge in [0.05, 0.1) is 31.0 Å². The van der Waals surface area contributed by atoms with E-state index in [1.54, 1.807) is 6.07 Å². The molecular weight excluding hydrogens is 372 g/mol. The number of aliphatic hydroxyl groups is 1. The second kappa shape index (κ2) is 10.5. The van der Waals surface area contributed by atoms with Crippen LogP contribution in [0.1, 0.15) is 42.5 Å². The minimum Gasteiger partial charge on any atom is -0.506 e. The summed E-state index contributed by atoms with van der Waals surface area (Å²) in [7, 11) is 1.34. The van der Waals surface area contributed by atoms with Crippen molar-refractivity contribution in [2.75, 3.05) is 51.8 Å². The molecule has 0 unspecified atom stereocenters. The maximum atomic E-state index is 11.9. The van der Waals surface area contributed by atoms with E-state index in [9.17, 15) is 9.90 Å². The Kier molecular flexibility index (Phi) is 7.71. The van der Waals surface area contributed by atoms with Gasteiger partial charge in [0.1, 0.15) is 5.75 Å². The zero-order valence-electron chi connectivity index (χ0n) is 17.1. The van der Waals surface area contributed by atoms with Crippen molar-refractivity contribution < 1.29 is 19.7 Å². The van der Waals surface area contributed by atoms with E-state index in [-0.39, 0.29) is 18.4 Å². The molecule has 0 spiro atoms. The number of esters is 1. The number of ether oxygens (including phenoxy) is 1. The molecule has 0 aromatic heterocycles. The molecule has 0 radical (unpaired) electrons. The Labute approximate surface area is 172 Å². The Hall–Kier alpha value is -2.32. The van der Waals surface area contributed by atoms with Gasteiger partial charge in [-0.2, -0.15) is 0 Å². The molecule has 1 aliphatic heterocycles. The number of carbonyl (C=O) groups excluding carboxylic acids is 1. The molecule has 1 aromatic carbocycles. The fourth-order valence-electron chi connectivity index (χ4n) is 3.90. The average molecular weight is 405 g/mol. The normalized spacial score (nSPS) is 19.2. The van der Waals surface area contributed by atoms with Crippen LogP contribution in [0.5, 0.6) is 5.75 Å². The summed E-state index contributed by atoms with van der Waals surface area (Å²) in [6, 6.07) is 4.90. The van der Waals surface area contributed by atoms with Gasteiger partial charge >= 0.3 is 5.97 Å². The molecule has 0 atom stereocenters. The lowest BCUT2D eigenvalue weighted by molar-refractivity contribution is 0.0600. The molecule has 1 saturated carbocycles.